The lowest BCUT2D eigenvalue weighted by Crippen LogP contribution is -2.38. The van der Waals surface area contributed by atoms with Crippen LogP contribution in [0.15, 0.2) is 18.2 Å². The molecule has 6 nitrogen and oxygen atoms in total. The molecule has 0 spiro atoms. The molecule has 1 aromatic carbocycles. The van der Waals surface area contributed by atoms with Crippen LogP contribution in [0.1, 0.15) is 54.6 Å². The number of amides is 1. The Morgan fingerprint density at radius 2 is 1.94 bits per heavy atom. The van der Waals surface area contributed by atoms with Crippen LogP contribution in [0.3, 0.4) is 0 Å². The van der Waals surface area contributed by atoms with E-state index in [0.29, 0.717) is 44.3 Å². The molecule has 0 radical (unpaired) electrons. The van der Waals surface area contributed by atoms with E-state index in [1.165, 1.54) is 12.1 Å². The Balaban J connectivity index is 1.43. The Morgan fingerprint density at radius 1 is 1.19 bits per heavy atom. The van der Waals surface area contributed by atoms with Gasteiger partial charge in [0.2, 0.25) is 5.91 Å². The Hall–Kier alpha value is -2.77. The van der Waals surface area contributed by atoms with Gasteiger partial charge in [0.05, 0.1) is 30.4 Å². The average Bonchev–Trinajstić information content (AvgIpc) is 3.05. The predicted octanol–water partition coefficient (Wildman–Crippen LogP) is 3.68. The average molecular weight is 431 g/mol. The van der Waals surface area contributed by atoms with Crippen LogP contribution in [0.2, 0.25) is 0 Å². The van der Waals surface area contributed by atoms with Gasteiger partial charge < -0.3 is 10.0 Å². The number of rotatable bonds is 5. The summed E-state index contributed by atoms with van der Waals surface area (Å²) in [4.78, 5) is 25.9. The van der Waals surface area contributed by atoms with Crippen molar-refractivity contribution < 1.29 is 23.5 Å². The van der Waals surface area contributed by atoms with Gasteiger partial charge >= 0.3 is 5.97 Å². The van der Waals surface area contributed by atoms with Gasteiger partial charge in [0.25, 0.3) is 0 Å². The summed E-state index contributed by atoms with van der Waals surface area (Å²) in [6.45, 7) is 3.13. The van der Waals surface area contributed by atoms with E-state index in [1.54, 1.807) is 4.68 Å². The topological polar surface area (TPSA) is 75.4 Å². The number of aryl methyl sites for hydroxylation is 1. The largest absolute Gasteiger partial charge is 0.481 e. The monoisotopic (exact) mass is 431 g/mol. The smallest absolute Gasteiger partial charge is 0.306 e. The number of aromatic nitrogens is 2. The highest BCUT2D eigenvalue weighted by atomic mass is 19.1. The number of carboxylic acid groups (broad SMARTS) is 1. The van der Waals surface area contributed by atoms with Crippen LogP contribution in [-0.2, 0) is 29.1 Å². The van der Waals surface area contributed by atoms with Crippen LogP contribution < -0.4 is 0 Å². The second-order valence-corrected chi connectivity index (χ2v) is 8.73. The molecular formula is C23H27F2N3O3. The maximum Gasteiger partial charge on any atom is 0.306 e. The summed E-state index contributed by atoms with van der Waals surface area (Å²) in [7, 11) is 0. The highest BCUT2D eigenvalue weighted by molar-refractivity contribution is 5.77. The molecule has 4 rings (SSSR count). The minimum Gasteiger partial charge on any atom is -0.481 e. The fourth-order valence-corrected chi connectivity index (χ4v) is 4.82. The summed E-state index contributed by atoms with van der Waals surface area (Å²) in [6, 6.07) is 3.52. The van der Waals surface area contributed by atoms with E-state index in [0.717, 1.165) is 35.9 Å². The maximum atomic E-state index is 14.1. The predicted molar refractivity (Wildman–Crippen MR) is 109 cm³/mol. The van der Waals surface area contributed by atoms with Gasteiger partial charge in [-0.3, -0.25) is 14.3 Å². The van der Waals surface area contributed by atoms with Crippen molar-refractivity contribution in [2.75, 3.05) is 6.54 Å². The number of hydrogen-bond acceptors (Lipinski definition) is 3. The van der Waals surface area contributed by atoms with Gasteiger partial charge in [-0.15, -0.1) is 0 Å². The zero-order chi connectivity index (χ0) is 22.1. The number of hydrogen-bond donors (Lipinski definition) is 1. The molecule has 1 aromatic heterocycles. The molecule has 0 atom stereocenters. The van der Waals surface area contributed by atoms with Crippen LogP contribution in [0, 0.1) is 30.4 Å². The molecule has 0 unspecified atom stereocenters. The number of carboxylic acids is 1. The molecule has 1 aliphatic carbocycles. The second-order valence-electron chi connectivity index (χ2n) is 8.73. The van der Waals surface area contributed by atoms with Crippen LogP contribution >= 0.6 is 0 Å². The number of carbonyl (C=O) groups is 2. The van der Waals surface area contributed by atoms with E-state index in [-0.39, 0.29) is 24.3 Å². The van der Waals surface area contributed by atoms with Crippen molar-refractivity contribution in [3.63, 3.8) is 0 Å². The molecule has 1 fully saturated rings. The molecule has 0 saturated heterocycles. The number of benzene rings is 1. The Labute approximate surface area is 179 Å². The van der Waals surface area contributed by atoms with E-state index >= 15 is 0 Å². The maximum absolute atomic E-state index is 14.1. The number of fused-ring (bicyclic) bond motifs is 1. The van der Waals surface area contributed by atoms with Crippen LogP contribution in [0.4, 0.5) is 8.78 Å². The van der Waals surface area contributed by atoms with E-state index in [1.807, 2.05) is 11.8 Å². The van der Waals surface area contributed by atoms with Gasteiger partial charge in [-0.05, 0) is 56.6 Å². The molecule has 2 aliphatic rings. The fraction of sp³-hybridized carbons (Fsp3) is 0.522. The minimum atomic E-state index is -0.741. The third kappa shape index (κ3) is 4.62. The summed E-state index contributed by atoms with van der Waals surface area (Å²) in [5.41, 5.74) is 3.21. The molecule has 1 saturated carbocycles. The summed E-state index contributed by atoms with van der Waals surface area (Å²) < 4.78 is 29.1. The van der Waals surface area contributed by atoms with Crippen molar-refractivity contribution in [1.29, 1.82) is 0 Å². The first-order valence-corrected chi connectivity index (χ1v) is 10.8. The molecule has 2 aromatic rings. The number of carbonyl (C=O) groups excluding carboxylic acids is 1. The quantitative estimate of drug-likeness (QED) is 0.784. The minimum absolute atomic E-state index is 0.0720. The zero-order valence-electron chi connectivity index (χ0n) is 17.6. The van der Waals surface area contributed by atoms with Gasteiger partial charge in [0.1, 0.15) is 11.6 Å². The molecule has 166 valence electrons. The van der Waals surface area contributed by atoms with E-state index in [2.05, 4.69) is 5.10 Å². The lowest BCUT2D eigenvalue weighted by molar-refractivity contribution is -0.143. The van der Waals surface area contributed by atoms with Crippen molar-refractivity contribution in [2.24, 2.45) is 11.8 Å². The second kappa shape index (κ2) is 8.77. The molecule has 0 bridgehead atoms. The van der Waals surface area contributed by atoms with Gasteiger partial charge in [-0.25, -0.2) is 8.78 Å². The summed E-state index contributed by atoms with van der Waals surface area (Å²) >= 11 is 0. The Bertz CT molecular complexity index is 996. The lowest BCUT2D eigenvalue weighted by Gasteiger charge is -2.31. The fourth-order valence-electron chi connectivity index (χ4n) is 4.82. The van der Waals surface area contributed by atoms with E-state index < -0.39 is 17.6 Å². The molecule has 8 heteroatoms. The zero-order valence-corrected chi connectivity index (χ0v) is 17.6. The molecule has 2 heterocycles. The first-order valence-electron chi connectivity index (χ1n) is 10.8. The number of aliphatic carboxylic acids is 1. The van der Waals surface area contributed by atoms with Crippen LogP contribution in [0.5, 0.6) is 0 Å². The van der Waals surface area contributed by atoms with Crippen LogP contribution in [0.25, 0.3) is 0 Å². The highest BCUT2D eigenvalue weighted by Crippen LogP contribution is 2.32. The summed E-state index contributed by atoms with van der Waals surface area (Å²) in [6.07, 6.45) is 3.93. The SMILES string of the molecule is Cc1nn(Cc2ccc(F)cc2F)c2c1CCN(C(=O)CC1CCC(C(=O)O)CC1)C2. The van der Waals surface area contributed by atoms with Crippen molar-refractivity contribution >= 4 is 11.9 Å². The van der Waals surface area contributed by atoms with E-state index in [4.69, 9.17) is 5.11 Å². The van der Waals surface area contributed by atoms with Gasteiger partial charge in [-0.2, -0.15) is 5.10 Å². The number of halogens is 2. The Morgan fingerprint density at radius 3 is 2.61 bits per heavy atom. The van der Waals surface area contributed by atoms with Crippen molar-refractivity contribution in [1.82, 2.24) is 14.7 Å². The molecular weight excluding hydrogens is 404 g/mol. The molecule has 1 N–H and O–H groups in total. The highest BCUT2D eigenvalue weighted by Gasteiger charge is 2.31. The summed E-state index contributed by atoms with van der Waals surface area (Å²) in [5, 5.41) is 13.7. The van der Waals surface area contributed by atoms with Crippen molar-refractivity contribution in [2.45, 2.75) is 58.5 Å². The first kappa shape index (κ1) is 21.5. The Kier molecular flexibility index (Phi) is 6.07. The standard InChI is InChI=1S/C23H27F2N3O3/c1-14-19-8-9-27(22(29)10-15-2-4-16(5-3-15)23(30)31)13-21(19)28(26-14)12-17-6-7-18(24)11-20(17)25/h6-7,11,15-16H,2-5,8-10,12-13H2,1H3,(H,30,31). The van der Waals surface area contributed by atoms with Gasteiger partial charge in [-0.1, -0.05) is 6.07 Å². The molecule has 31 heavy (non-hydrogen) atoms. The van der Waals surface area contributed by atoms with Crippen molar-refractivity contribution in [3.8, 4) is 0 Å². The first-order chi connectivity index (χ1) is 14.8. The van der Waals surface area contributed by atoms with Crippen LogP contribution in [-0.4, -0.2) is 38.2 Å². The lowest BCUT2D eigenvalue weighted by atomic mass is 9.80. The molecule has 1 aliphatic heterocycles. The van der Waals surface area contributed by atoms with Gasteiger partial charge in [0, 0.05) is 24.6 Å². The van der Waals surface area contributed by atoms with E-state index in [9.17, 15) is 18.4 Å². The van der Waals surface area contributed by atoms with Crippen molar-refractivity contribution in [3.05, 3.63) is 52.3 Å². The normalized spacial score (nSPS) is 21.1. The number of nitrogens with zero attached hydrogens (tertiary/aromatic N) is 3. The summed E-state index contributed by atoms with van der Waals surface area (Å²) in [5.74, 6) is -1.95. The van der Waals surface area contributed by atoms with Gasteiger partial charge in [0.15, 0.2) is 0 Å². The molecule has 1 amide bonds. The third-order valence-corrected chi connectivity index (χ3v) is 6.69. The third-order valence-electron chi connectivity index (χ3n) is 6.69.